The first kappa shape index (κ1) is 17.0. The van der Waals surface area contributed by atoms with Crippen LogP contribution in [0.4, 0.5) is 10.8 Å². The first-order valence-corrected chi connectivity index (χ1v) is 8.45. The molecule has 0 bridgehead atoms. The Hall–Kier alpha value is -1.37. The third kappa shape index (κ3) is 4.32. The molecule has 1 heterocycles. The zero-order chi connectivity index (χ0) is 16.1. The lowest BCUT2D eigenvalue weighted by molar-refractivity contribution is -0.117. The van der Waals surface area contributed by atoms with E-state index in [1.165, 1.54) is 11.3 Å². The minimum atomic E-state index is -0.397. The van der Waals surface area contributed by atoms with Gasteiger partial charge in [0.2, 0.25) is 11.0 Å². The molecule has 2 aromatic rings. The molecule has 0 unspecified atom stereocenters. The van der Waals surface area contributed by atoms with Crippen LogP contribution < -0.4 is 10.6 Å². The lowest BCUT2D eigenvalue weighted by atomic mass is 10.2. The molecule has 2 rings (SSSR count). The minimum Gasteiger partial charge on any atom is -0.374 e. The van der Waals surface area contributed by atoms with Gasteiger partial charge >= 0.3 is 0 Å². The summed E-state index contributed by atoms with van der Waals surface area (Å²) >= 11 is 13.2. The molecule has 1 aromatic carbocycles. The summed E-state index contributed by atoms with van der Waals surface area (Å²) < 4.78 is 0. The van der Waals surface area contributed by atoms with Gasteiger partial charge < -0.3 is 5.32 Å². The molecule has 0 fully saturated rings. The number of halogens is 2. The average molecular weight is 359 g/mol. The zero-order valence-electron chi connectivity index (χ0n) is 12.2. The van der Waals surface area contributed by atoms with Crippen molar-refractivity contribution in [1.82, 2.24) is 10.2 Å². The highest BCUT2D eigenvalue weighted by molar-refractivity contribution is 7.15. The van der Waals surface area contributed by atoms with Crippen LogP contribution >= 0.6 is 34.5 Å². The van der Waals surface area contributed by atoms with E-state index >= 15 is 0 Å². The van der Waals surface area contributed by atoms with Gasteiger partial charge in [-0.25, -0.2) is 0 Å². The van der Waals surface area contributed by atoms with Gasteiger partial charge in [0.05, 0.1) is 10.0 Å². The maximum Gasteiger partial charge on any atom is 0.248 e. The van der Waals surface area contributed by atoms with Gasteiger partial charge in [0.15, 0.2) is 0 Å². The van der Waals surface area contributed by atoms with Gasteiger partial charge in [-0.15, -0.1) is 10.2 Å². The van der Waals surface area contributed by atoms with E-state index in [1.807, 2.05) is 13.8 Å². The first-order chi connectivity index (χ1) is 10.5. The third-order valence-electron chi connectivity index (χ3n) is 2.98. The van der Waals surface area contributed by atoms with E-state index in [9.17, 15) is 4.79 Å². The number of amides is 1. The molecule has 0 aliphatic rings. The van der Waals surface area contributed by atoms with E-state index in [0.29, 0.717) is 21.6 Å². The molecular formula is C14H16Cl2N4OS. The second kappa shape index (κ2) is 7.76. The largest absolute Gasteiger partial charge is 0.374 e. The zero-order valence-corrected chi connectivity index (χ0v) is 14.5. The molecule has 1 aromatic heterocycles. The van der Waals surface area contributed by atoms with Crippen LogP contribution in [0.1, 0.15) is 25.3 Å². The molecule has 0 aliphatic carbocycles. The summed E-state index contributed by atoms with van der Waals surface area (Å²) in [6, 6.07) is 4.77. The van der Waals surface area contributed by atoms with E-state index in [0.717, 1.165) is 17.1 Å². The summed E-state index contributed by atoms with van der Waals surface area (Å²) in [5.74, 6) is -0.160. The van der Waals surface area contributed by atoms with Crippen molar-refractivity contribution in [1.29, 1.82) is 0 Å². The average Bonchev–Trinajstić information content (AvgIpc) is 2.95. The number of benzene rings is 1. The smallest absolute Gasteiger partial charge is 0.248 e. The number of carbonyl (C=O) groups excluding carboxylic acids is 1. The maximum absolute atomic E-state index is 12.3. The Morgan fingerprint density at radius 2 is 2.05 bits per heavy atom. The van der Waals surface area contributed by atoms with E-state index in [1.54, 1.807) is 18.2 Å². The summed E-state index contributed by atoms with van der Waals surface area (Å²) in [5.41, 5.74) is 0.739. The third-order valence-corrected chi connectivity index (χ3v) is 4.71. The molecular weight excluding hydrogens is 343 g/mol. The molecule has 0 spiro atoms. The highest BCUT2D eigenvalue weighted by Gasteiger charge is 2.18. The van der Waals surface area contributed by atoms with Crippen molar-refractivity contribution < 1.29 is 4.79 Å². The number of aromatic nitrogens is 2. The molecule has 0 saturated heterocycles. The number of nitrogens with zero attached hydrogens (tertiary/aromatic N) is 2. The fourth-order valence-corrected chi connectivity index (χ4v) is 2.76. The normalized spacial score (nSPS) is 12.0. The molecule has 118 valence electrons. The van der Waals surface area contributed by atoms with Gasteiger partial charge in [0.1, 0.15) is 11.0 Å². The number of carbonyl (C=O) groups is 1. The van der Waals surface area contributed by atoms with Crippen molar-refractivity contribution in [3.05, 3.63) is 33.3 Å². The summed E-state index contributed by atoms with van der Waals surface area (Å²) in [7, 11) is 0. The second-order valence-electron chi connectivity index (χ2n) is 4.58. The quantitative estimate of drug-likeness (QED) is 0.810. The van der Waals surface area contributed by atoms with Crippen LogP contribution in [0.25, 0.3) is 0 Å². The monoisotopic (exact) mass is 358 g/mol. The molecule has 8 heteroatoms. The van der Waals surface area contributed by atoms with Crippen LogP contribution in [0.5, 0.6) is 0 Å². The van der Waals surface area contributed by atoms with Crippen LogP contribution in [0.3, 0.4) is 0 Å². The van der Waals surface area contributed by atoms with E-state index in [4.69, 9.17) is 23.2 Å². The molecule has 5 nitrogen and oxygen atoms in total. The number of hydrogen-bond donors (Lipinski definition) is 2. The second-order valence-corrected chi connectivity index (χ2v) is 6.45. The number of aryl methyl sites for hydroxylation is 1. The Kier molecular flexibility index (Phi) is 5.99. The summed E-state index contributed by atoms with van der Waals surface area (Å²) in [6.07, 6.45) is 1.41. The minimum absolute atomic E-state index is 0.160. The van der Waals surface area contributed by atoms with E-state index < -0.39 is 6.04 Å². The van der Waals surface area contributed by atoms with Crippen molar-refractivity contribution in [3.8, 4) is 0 Å². The molecule has 2 N–H and O–H groups in total. The van der Waals surface area contributed by atoms with Crippen LogP contribution in [0, 0.1) is 0 Å². The topological polar surface area (TPSA) is 66.9 Å². The van der Waals surface area contributed by atoms with Crippen molar-refractivity contribution >= 4 is 51.3 Å². The number of hydrogen-bond acceptors (Lipinski definition) is 5. The number of nitrogens with one attached hydrogen (secondary N) is 2. The fraction of sp³-hybridized carbons (Fsp3) is 0.357. The Balaban J connectivity index is 2.03. The lowest BCUT2D eigenvalue weighted by Crippen LogP contribution is -2.34. The number of rotatable bonds is 6. The van der Waals surface area contributed by atoms with Crippen molar-refractivity contribution in [2.24, 2.45) is 0 Å². The standard InChI is InChI=1S/C14H16Cl2N4OS/c1-3-11(17-8-5-6-9(15)10(16)7-8)13(21)18-14-20-19-12(4-2)22-14/h5-7,11,17H,3-4H2,1-2H3,(H,18,20,21)/t11-/m0/s1. The maximum atomic E-state index is 12.3. The number of anilines is 2. The summed E-state index contributed by atoms with van der Waals surface area (Å²) in [5, 5.41) is 16.2. The molecule has 0 radical (unpaired) electrons. The summed E-state index contributed by atoms with van der Waals surface area (Å²) in [4.78, 5) is 12.3. The van der Waals surface area contributed by atoms with Gasteiger partial charge in [0.25, 0.3) is 0 Å². The van der Waals surface area contributed by atoms with Crippen LogP contribution in [-0.2, 0) is 11.2 Å². The van der Waals surface area contributed by atoms with E-state index in [2.05, 4.69) is 20.8 Å². The SMILES string of the molecule is CCc1nnc(NC(=O)[C@H](CC)Nc2ccc(Cl)c(Cl)c2)s1. The molecule has 0 aliphatic heterocycles. The summed E-state index contributed by atoms with van der Waals surface area (Å²) in [6.45, 7) is 3.92. The predicted molar refractivity (Wildman–Crippen MR) is 92.1 cm³/mol. The first-order valence-electron chi connectivity index (χ1n) is 6.88. The van der Waals surface area contributed by atoms with Gasteiger partial charge in [0, 0.05) is 5.69 Å². The fourth-order valence-electron chi connectivity index (χ4n) is 1.78. The Bertz CT molecular complexity index is 662. The highest BCUT2D eigenvalue weighted by atomic mass is 35.5. The Morgan fingerprint density at radius 1 is 1.27 bits per heavy atom. The lowest BCUT2D eigenvalue weighted by Gasteiger charge is -2.17. The van der Waals surface area contributed by atoms with E-state index in [-0.39, 0.29) is 5.91 Å². The molecule has 22 heavy (non-hydrogen) atoms. The van der Waals surface area contributed by atoms with Gasteiger partial charge in [-0.2, -0.15) is 0 Å². The molecule has 0 saturated carbocycles. The van der Waals surface area contributed by atoms with Crippen LogP contribution in [0.2, 0.25) is 10.0 Å². The molecule has 1 amide bonds. The Labute approximate surface area is 143 Å². The van der Waals surface area contributed by atoms with Crippen LogP contribution in [-0.4, -0.2) is 22.1 Å². The van der Waals surface area contributed by atoms with Gasteiger partial charge in [-0.3, -0.25) is 10.1 Å². The van der Waals surface area contributed by atoms with Gasteiger partial charge in [-0.1, -0.05) is 48.4 Å². The van der Waals surface area contributed by atoms with Crippen LogP contribution in [0.15, 0.2) is 18.2 Å². The van der Waals surface area contributed by atoms with Crippen molar-refractivity contribution in [2.75, 3.05) is 10.6 Å². The predicted octanol–water partition coefficient (Wildman–Crippen LogP) is 4.24. The molecule has 1 atom stereocenters. The Morgan fingerprint density at radius 3 is 2.64 bits per heavy atom. The van der Waals surface area contributed by atoms with Gasteiger partial charge in [-0.05, 0) is 31.0 Å². The highest BCUT2D eigenvalue weighted by Crippen LogP contribution is 2.25. The van der Waals surface area contributed by atoms with Crippen molar-refractivity contribution in [2.45, 2.75) is 32.7 Å². The van der Waals surface area contributed by atoms with Crippen molar-refractivity contribution in [3.63, 3.8) is 0 Å².